The molecule has 0 aliphatic rings. The molecule has 2 aromatic rings. The van der Waals surface area contributed by atoms with Gasteiger partial charge < -0.3 is 21.2 Å². The van der Waals surface area contributed by atoms with Gasteiger partial charge in [-0.05, 0) is 38.0 Å². The Balaban J connectivity index is 1.96. The smallest absolute Gasteiger partial charge is 0.132 e. The van der Waals surface area contributed by atoms with Crippen molar-refractivity contribution in [1.29, 1.82) is 0 Å². The highest BCUT2D eigenvalue weighted by Crippen LogP contribution is 2.20. The van der Waals surface area contributed by atoms with Gasteiger partial charge in [0, 0.05) is 18.0 Å². The number of hydrazine groups is 1. The second-order valence-corrected chi connectivity index (χ2v) is 5.69. The van der Waals surface area contributed by atoms with Crippen LogP contribution in [0.2, 0.25) is 0 Å². The van der Waals surface area contributed by atoms with Crippen molar-refractivity contribution >= 4 is 5.82 Å². The van der Waals surface area contributed by atoms with Crippen LogP contribution in [0.3, 0.4) is 0 Å². The molecule has 1 aromatic heterocycles. The Bertz CT molecular complexity index is 744. The van der Waals surface area contributed by atoms with Gasteiger partial charge in [0.15, 0.2) is 0 Å². The third kappa shape index (κ3) is 4.60. The number of anilines is 1. The van der Waals surface area contributed by atoms with Gasteiger partial charge in [-0.15, -0.1) is 0 Å². The first kappa shape index (κ1) is 17.6. The molecule has 1 heterocycles. The van der Waals surface area contributed by atoms with Gasteiger partial charge in [-0.2, -0.15) is 0 Å². The maximum absolute atomic E-state index is 5.98. The summed E-state index contributed by atoms with van der Waals surface area (Å²) in [4.78, 5) is 8.22. The number of hydrogen-bond donors (Lipinski definition) is 3. The first-order valence-electron chi connectivity index (χ1n) is 7.61. The number of nitrogens with zero attached hydrogens (tertiary/aromatic N) is 3. The summed E-state index contributed by atoms with van der Waals surface area (Å²) in [7, 11) is 0. The van der Waals surface area contributed by atoms with Gasteiger partial charge in [0.1, 0.15) is 24.0 Å². The molecule has 0 amide bonds. The van der Waals surface area contributed by atoms with Crippen LogP contribution in [0.25, 0.3) is 0 Å². The Kier molecular flexibility index (Phi) is 5.59. The summed E-state index contributed by atoms with van der Waals surface area (Å²) < 4.78 is 5.75. The van der Waals surface area contributed by atoms with Gasteiger partial charge in [0.25, 0.3) is 0 Å². The zero-order chi connectivity index (χ0) is 17.7. The van der Waals surface area contributed by atoms with Crippen molar-refractivity contribution in [1.82, 2.24) is 15.0 Å². The summed E-state index contributed by atoms with van der Waals surface area (Å²) in [5, 5.41) is 1.44. The number of benzene rings is 1. The van der Waals surface area contributed by atoms with E-state index in [1.807, 2.05) is 32.0 Å². The van der Waals surface area contributed by atoms with Crippen molar-refractivity contribution in [2.75, 3.05) is 12.3 Å². The Morgan fingerprint density at radius 3 is 2.75 bits per heavy atom. The molecule has 2 rings (SSSR count). The van der Waals surface area contributed by atoms with Crippen LogP contribution in [0, 0.1) is 20.8 Å². The van der Waals surface area contributed by atoms with Gasteiger partial charge in [0.05, 0.1) is 12.2 Å². The zero-order valence-electron chi connectivity index (χ0n) is 14.3. The van der Waals surface area contributed by atoms with Crippen LogP contribution in [0.15, 0.2) is 36.3 Å². The van der Waals surface area contributed by atoms with Gasteiger partial charge in [0.2, 0.25) is 0 Å². The predicted molar refractivity (Wildman–Crippen MR) is 94.6 cm³/mol. The first-order valence-corrected chi connectivity index (χ1v) is 7.61. The van der Waals surface area contributed by atoms with E-state index in [0.717, 1.165) is 16.9 Å². The van der Waals surface area contributed by atoms with Crippen LogP contribution in [0.4, 0.5) is 5.82 Å². The SMILES string of the molecule is Cc1ncc(CN(N)/C=C(\N)COc2cccc(C)c2C)c(N)n1. The molecule has 0 aliphatic carbocycles. The van der Waals surface area contributed by atoms with Gasteiger partial charge in [-0.1, -0.05) is 12.1 Å². The Hall–Kier alpha value is -2.80. The summed E-state index contributed by atoms with van der Waals surface area (Å²) in [5.41, 5.74) is 15.3. The van der Waals surface area contributed by atoms with Crippen molar-refractivity contribution < 1.29 is 4.74 Å². The van der Waals surface area contributed by atoms with E-state index in [1.54, 1.807) is 19.3 Å². The van der Waals surface area contributed by atoms with E-state index in [4.69, 9.17) is 22.0 Å². The molecule has 0 aliphatic heterocycles. The molecule has 0 unspecified atom stereocenters. The molecule has 0 saturated heterocycles. The van der Waals surface area contributed by atoms with Gasteiger partial charge in [-0.3, -0.25) is 0 Å². The highest BCUT2D eigenvalue weighted by atomic mass is 16.5. The topological polar surface area (TPSA) is 116 Å². The van der Waals surface area contributed by atoms with E-state index in [-0.39, 0.29) is 6.61 Å². The van der Waals surface area contributed by atoms with Crippen LogP contribution >= 0.6 is 0 Å². The summed E-state index contributed by atoms with van der Waals surface area (Å²) in [6.45, 7) is 6.44. The average Bonchev–Trinajstić information content (AvgIpc) is 2.51. The normalized spacial score (nSPS) is 11.4. The predicted octanol–water partition coefficient (Wildman–Crippen LogP) is 1.54. The lowest BCUT2D eigenvalue weighted by Gasteiger charge is -2.16. The van der Waals surface area contributed by atoms with Gasteiger partial charge >= 0.3 is 0 Å². The van der Waals surface area contributed by atoms with Crippen LogP contribution in [-0.4, -0.2) is 21.6 Å². The van der Waals surface area contributed by atoms with E-state index in [1.165, 1.54) is 10.6 Å². The molecule has 0 saturated carbocycles. The van der Waals surface area contributed by atoms with E-state index < -0.39 is 0 Å². The standard InChI is InChI=1S/C17H24N6O/c1-11-5-4-6-16(12(11)2)24-10-15(18)9-23(20)8-14-7-21-13(3)22-17(14)19/h4-7,9H,8,10,18,20H2,1-3H3,(H2,19,21,22)/b15-9-. The van der Waals surface area contributed by atoms with E-state index in [9.17, 15) is 0 Å². The Morgan fingerprint density at radius 2 is 2.04 bits per heavy atom. The lowest BCUT2D eigenvalue weighted by Crippen LogP contribution is -2.27. The lowest BCUT2D eigenvalue weighted by atomic mass is 10.1. The molecular weight excluding hydrogens is 304 g/mol. The lowest BCUT2D eigenvalue weighted by molar-refractivity contribution is 0.333. The molecule has 0 bridgehead atoms. The summed E-state index contributed by atoms with van der Waals surface area (Å²) in [6.07, 6.45) is 3.28. The van der Waals surface area contributed by atoms with Crippen LogP contribution in [0.1, 0.15) is 22.5 Å². The maximum atomic E-state index is 5.98. The van der Waals surface area contributed by atoms with Crippen LogP contribution in [-0.2, 0) is 6.54 Å². The van der Waals surface area contributed by atoms with Crippen molar-refractivity contribution in [3.63, 3.8) is 0 Å². The van der Waals surface area contributed by atoms with Crippen LogP contribution in [0.5, 0.6) is 5.75 Å². The minimum atomic E-state index is 0.248. The van der Waals surface area contributed by atoms with Crippen molar-refractivity contribution in [3.05, 3.63) is 58.8 Å². The molecular formula is C17H24N6O. The molecule has 128 valence electrons. The van der Waals surface area contributed by atoms with Gasteiger partial charge in [-0.25, -0.2) is 15.8 Å². The van der Waals surface area contributed by atoms with Crippen LogP contribution < -0.4 is 22.0 Å². The van der Waals surface area contributed by atoms with E-state index in [0.29, 0.717) is 23.9 Å². The monoisotopic (exact) mass is 328 g/mol. The number of nitrogen functional groups attached to an aromatic ring is 1. The van der Waals surface area contributed by atoms with Crippen molar-refractivity contribution in [2.24, 2.45) is 11.6 Å². The van der Waals surface area contributed by atoms with Crippen molar-refractivity contribution in [3.8, 4) is 5.75 Å². The molecule has 0 radical (unpaired) electrons. The maximum Gasteiger partial charge on any atom is 0.132 e. The quantitative estimate of drug-likeness (QED) is 0.544. The minimum absolute atomic E-state index is 0.248. The molecule has 7 nitrogen and oxygen atoms in total. The fourth-order valence-corrected chi connectivity index (χ4v) is 2.17. The highest BCUT2D eigenvalue weighted by Gasteiger charge is 2.06. The van der Waals surface area contributed by atoms with E-state index >= 15 is 0 Å². The molecule has 0 atom stereocenters. The number of aromatic nitrogens is 2. The number of aryl methyl sites for hydroxylation is 2. The molecule has 0 fully saturated rings. The molecule has 1 aromatic carbocycles. The highest BCUT2D eigenvalue weighted by molar-refractivity contribution is 5.38. The Morgan fingerprint density at radius 1 is 1.29 bits per heavy atom. The Labute approximate surface area is 142 Å². The number of rotatable bonds is 6. The number of ether oxygens (including phenoxy) is 1. The molecule has 24 heavy (non-hydrogen) atoms. The average molecular weight is 328 g/mol. The zero-order valence-corrected chi connectivity index (χ0v) is 14.3. The second kappa shape index (κ2) is 7.65. The third-order valence-electron chi connectivity index (χ3n) is 3.65. The van der Waals surface area contributed by atoms with Crippen molar-refractivity contribution in [2.45, 2.75) is 27.3 Å². The summed E-state index contributed by atoms with van der Waals surface area (Å²) >= 11 is 0. The second-order valence-electron chi connectivity index (χ2n) is 5.69. The first-order chi connectivity index (χ1) is 11.4. The summed E-state index contributed by atoms with van der Waals surface area (Å²) in [5.74, 6) is 7.79. The minimum Gasteiger partial charge on any atom is -0.487 e. The fraction of sp³-hybridized carbons (Fsp3) is 0.294. The molecule has 6 N–H and O–H groups in total. The van der Waals surface area contributed by atoms with E-state index in [2.05, 4.69) is 9.97 Å². The summed E-state index contributed by atoms with van der Waals surface area (Å²) in [6, 6.07) is 5.91. The molecule has 7 heteroatoms. The largest absolute Gasteiger partial charge is 0.487 e. The number of hydrogen-bond acceptors (Lipinski definition) is 7. The number of nitrogens with two attached hydrogens (primary N) is 3. The third-order valence-corrected chi connectivity index (χ3v) is 3.65. The fourth-order valence-electron chi connectivity index (χ4n) is 2.17. The molecule has 0 spiro atoms.